The number of anilines is 1. The average Bonchev–Trinajstić information content (AvgIpc) is 2.67. The minimum Gasteiger partial charge on any atom is -0.465 e. The molecule has 0 saturated carbocycles. The van der Waals surface area contributed by atoms with Gasteiger partial charge in [0.2, 0.25) is 5.91 Å². The van der Waals surface area contributed by atoms with Crippen molar-refractivity contribution in [3.05, 3.63) is 28.1 Å². The molecule has 1 fully saturated rings. The number of hydrogen-bond donors (Lipinski definition) is 2. The third-order valence-electron chi connectivity index (χ3n) is 3.23. The highest BCUT2D eigenvalue weighted by molar-refractivity contribution is 14.1. The Morgan fingerprint density at radius 2 is 2.20 bits per heavy atom. The molecule has 8 heteroatoms. The third-order valence-corrected chi connectivity index (χ3v) is 3.87. The van der Waals surface area contributed by atoms with Gasteiger partial charge < -0.3 is 14.8 Å². The molecule has 20 heavy (non-hydrogen) atoms. The van der Waals surface area contributed by atoms with Gasteiger partial charge in [-0.25, -0.2) is 9.78 Å². The number of hydrogen-bond acceptors (Lipinski definition) is 3. The lowest BCUT2D eigenvalue weighted by Gasteiger charge is -2.36. The average molecular weight is 386 g/mol. The molecule has 0 aromatic carbocycles. The van der Waals surface area contributed by atoms with Gasteiger partial charge in [0.05, 0.1) is 6.20 Å². The summed E-state index contributed by atoms with van der Waals surface area (Å²) in [5.74, 6) is 0.0889. The number of pyridine rings is 1. The first kappa shape index (κ1) is 13.2. The summed E-state index contributed by atoms with van der Waals surface area (Å²) in [5.41, 5.74) is 0.726. The number of amides is 2. The number of fused-ring (bicyclic) bond motifs is 1. The van der Waals surface area contributed by atoms with Crippen molar-refractivity contribution in [1.29, 1.82) is 0 Å². The monoisotopic (exact) mass is 386 g/mol. The summed E-state index contributed by atoms with van der Waals surface area (Å²) in [6.45, 7) is 0.400. The van der Waals surface area contributed by atoms with E-state index in [0.717, 1.165) is 14.1 Å². The molecule has 1 atom stereocenters. The smallest absolute Gasteiger partial charge is 0.407 e. The van der Waals surface area contributed by atoms with E-state index in [9.17, 15) is 9.59 Å². The first-order valence-electron chi connectivity index (χ1n) is 5.99. The van der Waals surface area contributed by atoms with Crippen molar-refractivity contribution in [2.45, 2.75) is 12.5 Å². The predicted molar refractivity (Wildman–Crippen MR) is 79.7 cm³/mol. The second-order valence-corrected chi connectivity index (χ2v) is 5.75. The number of likely N-dealkylation sites (tertiary alicyclic amines) is 1. The van der Waals surface area contributed by atoms with Crippen molar-refractivity contribution < 1.29 is 14.7 Å². The maximum absolute atomic E-state index is 12.0. The van der Waals surface area contributed by atoms with Gasteiger partial charge in [0.15, 0.2) is 5.82 Å². The van der Waals surface area contributed by atoms with E-state index >= 15 is 0 Å². The zero-order valence-corrected chi connectivity index (χ0v) is 12.4. The van der Waals surface area contributed by atoms with Crippen LogP contribution in [0.25, 0.3) is 5.65 Å². The highest BCUT2D eigenvalue weighted by Gasteiger charge is 2.37. The minimum absolute atomic E-state index is 0.336. The van der Waals surface area contributed by atoms with Crippen molar-refractivity contribution >= 4 is 46.1 Å². The lowest BCUT2D eigenvalue weighted by Crippen LogP contribution is -2.56. The largest absolute Gasteiger partial charge is 0.465 e. The van der Waals surface area contributed by atoms with Crippen LogP contribution >= 0.6 is 22.6 Å². The second kappa shape index (κ2) is 4.93. The van der Waals surface area contributed by atoms with E-state index in [1.165, 1.54) is 0 Å². The van der Waals surface area contributed by atoms with Crippen molar-refractivity contribution in [3.8, 4) is 0 Å². The SMILES string of the molecule is O=C(Nc1cn2cc(I)ccc2n1)C1CCN1C(=O)O. The standard InChI is InChI=1S/C12H11IN4O3/c13-7-1-2-10-14-9(6-16(10)5-7)15-11(18)8-3-4-17(8)12(19)20/h1-2,5-6,8H,3-4H2,(H,15,18)(H,19,20). The Kier molecular flexibility index (Phi) is 3.24. The fourth-order valence-electron chi connectivity index (χ4n) is 2.12. The van der Waals surface area contributed by atoms with Crippen LogP contribution in [-0.2, 0) is 4.79 Å². The molecule has 1 saturated heterocycles. The molecular formula is C12H11IN4O3. The molecule has 0 bridgehead atoms. The molecule has 2 aromatic heterocycles. The highest BCUT2D eigenvalue weighted by atomic mass is 127. The number of nitrogens with one attached hydrogen (secondary N) is 1. The minimum atomic E-state index is -1.07. The molecule has 1 aliphatic rings. The molecule has 0 radical (unpaired) electrons. The van der Waals surface area contributed by atoms with Crippen molar-refractivity contribution in [3.63, 3.8) is 0 Å². The van der Waals surface area contributed by atoms with Crippen molar-refractivity contribution in [2.24, 2.45) is 0 Å². The lowest BCUT2D eigenvalue weighted by molar-refractivity contribution is -0.124. The van der Waals surface area contributed by atoms with Crippen LogP contribution in [0.1, 0.15) is 6.42 Å². The van der Waals surface area contributed by atoms with Crippen LogP contribution in [0.2, 0.25) is 0 Å². The van der Waals surface area contributed by atoms with Gasteiger partial charge in [-0.05, 0) is 41.1 Å². The number of nitrogens with zero attached hydrogens (tertiary/aromatic N) is 3. The molecule has 3 rings (SSSR count). The van der Waals surface area contributed by atoms with Crippen LogP contribution in [0.5, 0.6) is 0 Å². The highest BCUT2D eigenvalue weighted by Crippen LogP contribution is 2.19. The molecule has 3 heterocycles. The molecule has 0 spiro atoms. The second-order valence-electron chi connectivity index (χ2n) is 4.51. The summed E-state index contributed by atoms with van der Waals surface area (Å²) in [4.78, 5) is 28.2. The fourth-order valence-corrected chi connectivity index (χ4v) is 2.60. The zero-order chi connectivity index (χ0) is 14.3. The Morgan fingerprint density at radius 3 is 2.85 bits per heavy atom. The van der Waals surface area contributed by atoms with Gasteiger partial charge in [0, 0.05) is 16.3 Å². The number of carbonyl (C=O) groups excluding carboxylic acids is 1. The van der Waals surface area contributed by atoms with Gasteiger partial charge in [-0.15, -0.1) is 0 Å². The van der Waals surface area contributed by atoms with Gasteiger partial charge >= 0.3 is 6.09 Å². The Bertz CT molecular complexity index is 699. The molecule has 2 N–H and O–H groups in total. The number of carboxylic acid groups (broad SMARTS) is 1. The molecule has 2 amide bonds. The Morgan fingerprint density at radius 1 is 1.40 bits per heavy atom. The van der Waals surface area contributed by atoms with E-state index in [4.69, 9.17) is 5.11 Å². The Labute approximate surface area is 127 Å². The molecule has 1 unspecified atom stereocenters. The first-order valence-corrected chi connectivity index (χ1v) is 7.07. The normalized spacial score (nSPS) is 17.9. The molecule has 1 aliphatic heterocycles. The fraction of sp³-hybridized carbons (Fsp3) is 0.250. The van der Waals surface area contributed by atoms with Gasteiger partial charge in [0.1, 0.15) is 11.7 Å². The van der Waals surface area contributed by atoms with E-state index in [2.05, 4.69) is 32.9 Å². The van der Waals surface area contributed by atoms with Crippen LogP contribution in [-0.4, -0.2) is 44.0 Å². The lowest BCUT2D eigenvalue weighted by atomic mass is 10.0. The van der Waals surface area contributed by atoms with Crippen molar-refractivity contribution in [1.82, 2.24) is 14.3 Å². The van der Waals surface area contributed by atoms with Gasteiger partial charge in [-0.3, -0.25) is 9.69 Å². The summed E-state index contributed by atoms with van der Waals surface area (Å²) in [6, 6.07) is 3.16. The summed E-state index contributed by atoms with van der Waals surface area (Å²) >= 11 is 2.19. The van der Waals surface area contributed by atoms with E-state index < -0.39 is 12.1 Å². The summed E-state index contributed by atoms with van der Waals surface area (Å²) in [5, 5.41) is 11.5. The van der Waals surface area contributed by atoms with Gasteiger partial charge in [0.25, 0.3) is 0 Å². The number of halogens is 1. The van der Waals surface area contributed by atoms with Crippen LogP contribution in [0.3, 0.4) is 0 Å². The number of aromatic nitrogens is 2. The predicted octanol–water partition coefficient (Wildman–Crippen LogP) is 1.63. The Balaban J connectivity index is 1.76. The molecule has 104 valence electrons. The quantitative estimate of drug-likeness (QED) is 0.769. The van der Waals surface area contributed by atoms with Crippen LogP contribution in [0, 0.1) is 3.57 Å². The summed E-state index contributed by atoms with van der Waals surface area (Å²) in [6.07, 6.45) is 3.08. The Hall–Kier alpha value is -1.84. The van der Waals surface area contributed by atoms with Crippen LogP contribution in [0.4, 0.5) is 10.6 Å². The first-order chi connectivity index (χ1) is 9.54. The van der Waals surface area contributed by atoms with Gasteiger partial charge in [-0.1, -0.05) is 0 Å². The number of rotatable bonds is 2. The maximum Gasteiger partial charge on any atom is 0.407 e. The molecule has 0 aliphatic carbocycles. The summed E-state index contributed by atoms with van der Waals surface area (Å²) < 4.78 is 2.87. The summed E-state index contributed by atoms with van der Waals surface area (Å²) in [7, 11) is 0. The van der Waals surface area contributed by atoms with Crippen LogP contribution in [0.15, 0.2) is 24.5 Å². The van der Waals surface area contributed by atoms with E-state index in [0.29, 0.717) is 18.8 Å². The number of carbonyl (C=O) groups is 2. The topological polar surface area (TPSA) is 86.9 Å². The molecule has 7 nitrogen and oxygen atoms in total. The van der Waals surface area contributed by atoms with Crippen LogP contribution < -0.4 is 5.32 Å². The zero-order valence-electron chi connectivity index (χ0n) is 10.3. The third kappa shape index (κ3) is 2.30. The van der Waals surface area contributed by atoms with E-state index in [1.54, 1.807) is 6.20 Å². The van der Waals surface area contributed by atoms with Gasteiger partial charge in [-0.2, -0.15) is 0 Å². The van der Waals surface area contributed by atoms with Crippen molar-refractivity contribution in [2.75, 3.05) is 11.9 Å². The van der Waals surface area contributed by atoms with E-state index in [1.807, 2.05) is 22.7 Å². The molecule has 2 aromatic rings. The maximum atomic E-state index is 12.0. The molecular weight excluding hydrogens is 375 g/mol. The number of imidazole rings is 1. The van der Waals surface area contributed by atoms with E-state index in [-0.39, 0.29) is 5.91 Å².